The van der Waals surface area contributed by atoms with Gasteiger partial charge in [-0.2, -0.15) is 0 Å². The normalized spacial score (nSPS) is 20.8. The summed E-state index contributed by atoms with van der Waals surface area (Å²) < 4.78 is 35.3. The maximum absolute atomic E-state index is 14.9. The number of hydrogen-bond donors (Lipinski definition) is 1. The summed E-state index contributed by atoms with van der Waals surface area (Å²) >= 11 is 6.75. The lowest BCUT2D eigenvalue weighted by Gasteiger charge is -2.40. The summed E-state index contributed by atoms with van der Waals surface area (Å²) in [6.45, 7) is 5.93. The lowest BCUT2D eigenvalue weighted by Crippen LogP contribution is -2.55. The van der Waals surface area contributed by atoms with E-state index in [0.29, 0.717) is 19.6 Å². The van der Waals surface area contributed by atoms with Gasteiger partial charge < -0.3 is 24.8 Å². The van der Waals surface area contributed by atoms with E-state index in [9.17, 15) is 13.6 Å². The number of fused-ring (bicyclic) bond motifs is 2. The summed E-state index contributed by atoms with van der Waals surface area (Å²) in [6.07, 6.45) is 5.80. The number of allylic oxidation sites excluding steroid dienone is 1. The molecule has 190 valence electrons. The van der Waals surface area contributed by atoms with Gasteiger partial charge in [-0.15, -0.1) is 0 Å². The summed E-state index contributed by atoms with van der Waals surface area (Å²) in [5.41, 5.74) is 0.490. The van der Waals surface area contributed by atoms with Gasteiger partial charge in [0, 0.05) is 51.2 Å². The van der Waals surface area contributed by atoms with Gasteiger partial charge >= 0.3 is 0 Å². The number of anilines is 1. The Morgan fingerprint density at radius 1 is 1.28 bits per heavy atom. The highest BCUT2D eigenvalue weighted by Crippen LogP contribution is 2.46. The fourth-order valence-electron chi connectivity index (χ4n) is 4.84. The van der Waals surface area contributed by atoms with Gasteiger partial charge in [0.15, 0.2) is 23.2 Å². The zero-order chi connectivity index (χ0) is 25.8. The van der Waals surface area contributed by atoms with Crippen LogP contribution in [0.4, 0.5) is 14.6 Å². The quantitative estimate of drug-likeness (QED) is 0.665. The zero-order valence-corrected chi connectivity index (χ0v) is 21.4. The number of halogens is 3. The molecule has 0 unspecified atom stereocenters. The topological polar surface area (TPSA) is 60.9 Å². The fourth-order valence-corrected chi connectivity index (χ4v) is 5.14. The third-order valence-electron chi connectivity index (χ3n) is 6.79. The van der Waals surface area contributed by atoms with Crippen LogP contribution >= 0.6 is 11.6 Å². The molecule has 36 heavy (non-hydrogen) atoms. The number of aromatic nitrogens is 1. The van der Waals surface area contributed by atoms with Gasteiger partial charge in [0.1, 0.15) is 17.2 Å². The number of hydrogen-bond acceptors (Lipinski definition) is 6. The minimum atomic E-state index is -1.07. The average molecular weight is 516 g/mol. The first-order valence-electron chi connectivity index (χ1n) is 11.8. The Kier molecular flexibility index (Phi) is 6.16. The molecule has 0 saturated carbocycles. The molecule has 0 radical (unpaired) electrons. The number of carbonyl (C=O) groups is 1. The van der Waals surface area contributed by atoms with Crippen molar-refractivity contribution in [1.82, 2.24) is 20.1 Å². The number of rotatable bonds is 3. The number of piperazine rings is 1. The van der Waals surface area contributed by atoms with Crippen LogP contribution in [0.15, 0.2) is 42.2 Å². The van der Waals surface area contributed by atoms with Crippen molar-refractivity contribution in [1.29, 1.82) is 0 Å². The average Bonchev–Trinajstić information content (AvgIpc) is 2.98. The predicted octanol–water partition coefficient (Wildman–Crippen LogP) is 4.04. The van der Waals surface area contributed by atoms with E-state index in [1.165, 1.54) is 12.1 Å². The fraction of sp³-hybridized carbons (Fsp3) is 0.385. The van der Waals surface area contributed by atoms with E-state index in [4.69, 9.17) is 21.3 Å². The van der Waals surface area contributed by atoms with E-state index in [1.54, 1.807) is 4.90 Å². The van der Waals surface area contributed by atoms with Gasteiger partial charge in [0.2, 0.25) is 0 Å². The van der Waals surface area contributed by atoms with E-state index in [0.717, 1.165) is 11.8 Å². The summed E-state index contributed by atoms with van der Waals surface area (Å²) in [4.78, 5) is 24.3. The molecule has 1 saturated heterocycles. The summed E-state index contributed by atoms with van der Waals surface area (Å²) in [5.74, 6) is -1.93. The largest absolute Gasteiger partial charge is 0.489 e. The van der Waals surface area contributed by atoms with Crippen molar-refractivity contribution < 1.29 is 18.3 Å². The van der Waals surface area contributed by atoms with E-state index < -0.39 is 17.2 Å². The molecular formula is C26H28ClF2N5O2. The van der Waals surface area contributed by atoms with E-state index in [1.807, 2.05) is 56.1 Å². The highest BCUT2D eigenvalue weighted by Gasteiger charge is 2.41. The van der Waals surface area contributed by atoms with Gasteiger partial charge in [0.05, 0.1) is 17.3 Å². The Hall–Kier alpha value is -3.17. The van der Waals surface area contributed by atoms with Crippen LogP contribution in [-0.2, 0) is 0 Å². The van der Waals surface area contributed by atoms with Crippen LogP contribution in [0.5, 0.6) is 5.75 Å². The summed E-state index contributed by atoms with van der Waals surface area (Å²) in [6, 6.07) is 3.65. The second-order valence-corrected chi connectivity index (χ2v) is 10.3. The molecular weight excluding hydrogens is 488 g/mol. The van der Waals surface area contributed by atoms with Crippen LogP contribution in [0.25, 0.3) is 11.3 Å². The molecule has 3 aliphatic rings. The number of nitrogens with zero attached hydrogens (tertiary/aromatic N) is 4. The van der Waals surface area contributed by atoms with E-state index in [-0.39, 0.29) is 52.0 Å². The number of nitrogens with one attached hydrogen (secondary N) is 1. The number of carbonyl (C=O) groups excluding carboxylic acids is 1. The maximum atomic E-state index is 14.9. The molecule has 1 aromatic carbocycles. The van der Waals surface area contributed by atoms with Crippen LogP contribution < -0.4 is 15.0 Å². The Balaban J connectivity index is 1.76. The first-order chi connectivity index (χ1) is 17.1. The Bertz CT molecular complexity index is 1290. The Morgan fingerprint density at radius 2 is 2.06 bits per heavy atom. The molecule has 7 nitrogen and oxygen atoms in total. The Labute approximate surface area is 214 Å². The van der Waals surface area contributed by atoms with Crippen molar-refractivity contribution >= 4 is 23.3 Å². The molecule has 4 heterocycles. The first kappa shape index (κ1) is 24.5. The zero-order valence-electron chi connectivity index (χ0n) is 20.6. The van der Waals surface area contributed by atoms with Crippen molar-refractivity contribution in [3.63, 3.8) is 0 Å². The van der Waals surface area contributed by atoms with E-state index in [2.05, 4.69) is 5.32 Å². The molecule has 1 N–H and O–H groups in total. The van der Waals surface area contributed by atoms with E-state index >= 15 is 0 Å². The first-order valence-corrected chi connectivity index (χ1v) is 12.2. The molecule has 0 spiro atoms. The molecule has 2 aromatic rings. The van der Waals surface area contributed by atoms with Gasteiger partial charge in [-0.25, -0.2) is 13.8 Å². The van der Waals surface area contributed by atoms with Crippen LogP contribution in [0.1, 0.15) is 24.2 Å². The van der Waals surface area contributed by atoms with Gasteiger partial charge in [-0.3, -0.25) is 4.79 Å². The van der Waals surface area contributed by atoms with Crippen molar-refractivity contribution in [3.8, 4) is 17.0 Å². The summed E-state index contributed by atoms with van der Waals surface area (Å²) in [7, 11) is 3.89. The van der Waals surface area contributed by atoms with Crippen LogP contribution in [-0.4, -0.2) is 72.6 Å². The van der Waals surface area contributed by atoms with Crippen LogP contribution in [0, 0.1) is 11.6 Å². The van der Waals surface area contributed by atoms with Gasteiger partial charge in [0.25, 0.3) is 5.91 Å². The molecule has 10 heteroatoms. The molecule has 1 amide bonds. The minimum absolute atomic E-state index is 0.0137. The molecule has 1 atom stereocenters. The van der Waals surface area contributed by atoms with Crippen LogP contribution in [0.3, 0.4) is 0 Å². The number of amides is 1. The highest BCUT2D eigenvalue weighted by atomic mass is 35.5. The van der Waals surface area contributed by atoms with Gasteiger partial charge in [-0.1, -0.05) is 17.7 Å². The minimum Gasteiger partial charge on any atom is -0.489 e. The molecule has 1 fully saturated rings. The van der Waals surface area contributed by atoms with Crippen molar-refractivity contribution in [3.05, 3.63) is 64.5 Å². The van der Waals surface area contributed by atoms with Gasteiger partial charge in [-0.05, 0) is 38.1 Å². The molecule has 1 aromatic heterocycles. The third-order valence-corrected chi connectivity index (χ3v) is 7.14. The number of likely N-dealkylation sites (N-methyl/N-ethyl adjacent to an activating group) is 1. The second kappa shape index (κ2) is 9.05. The number of benzene rings is 1. The highest BCUT2D eigenvalue weighted by molar-refractivity contribution is 6.35. The summed E-state index contributed by atoms with van der Waals surface area (Å²) in [5, 5.41) is 3.26. The Morgan fingerprint density at radius 3 is 2.78 bits per heavy atom. The number of pyridine rings is 1. The molecule has 0 bridgehead atoms. The lowest BCUT2D eigenvalue weighted by molar-refractivity contribution is 0.0606. The second-order valence-electron chi connectivity index (χ2n) is 9.87. The number of ether oxygens (including phenoxy) is 1. The van der Waals surface area contributed by atoms with Crippen LogP contribution in [0.2, 0.25) is 5.02 Å². The SMILES string of the molecule is CN(C)C1=CC(C)(C)N(c2nc(-c3cccc(F)c3F)c(Cl)c3c2C(=O)N2CCNC[C@@H]2CO3)C=C1. The predicted molar refractivity (Wildman–Crippen MR) is 135 cm³/mol. The molecule has 5 rings (SSSR count). The standard InChI is InChI=1S/C26H28ClF2N5O2/c1-26(2)12-15(32(3)4)8-10-34(26)24-19-23(36-14-16-13-30-9-11-33(16)25(19)35)20(27)22(31-24)17-6-5-7-18(28)21(17)29/h5-8,10,12,16,30H,9,11,13-14H2,1-4H3/t16-/m1/s1. The van der Waals surface area contributed by atoms with Crippen molar-refractivity contribution in [2.75, 3.05) is 45.2 Å². The molecule has 3 aliphatic heterocycles. The van der Waals surface area contributed by atoms with Crippen molar-refractivity contribution in [2.24, 2.45) is 0 Å². The maximum Gasteiger partial charge on any atom is 0.261 e. The monoisotopic (exact) mass is 515 g/mol. The smallest absolute Gasteiger partial charge is 0.261 e. The lowest BCUT2D eigenvalue weighted by atomic mass is 9.96. The molecule has 0 aliphatic carbocycles. The van der Waals surface area contributed by atoms with Crippen molar-refractivity contribution in [2.45, 2.75) is 25.4 Å². The third kappa shape index (κ3) is 4.00.